The number of alkyl carbamates (subject to hydrolysis) is 1. The van der Waals surface area contributed by atoms with E-state index in [-0.39, 0.29) is 30.5 Å². The summed E-state index contributed by atoms with van der Waals surface area (Å²) in [5, 5.41) is 11.1. The first-order chi connectivity index (χ1) is 18.5. The number of rotatable bonds is 14. The van der Waals surface area contributed by atoms with Crippen molar-refractivity contribution in [2.75, 3.05) is 26.9 Å². The van der Waals surface area contributed by atoms with Gasteiger partial charge >= 0.3 is 12.1 Å². The molecule has 11 nitrogen and oxygen atoms in total. The van der Waals surface area contributed by atoms with Gasteiger partial charge in [0.25, 0.3) is 0 Å². The van der Waals surface area contributed by atoms with Crippen LogP contribution >= 0.6 is 0 Å². The fraction of sp³-hybridized carbons (Fsp3) is 0.852. The Kier molecular flexibility index (Phi) is 13.1. The van der Waals surface area contributed by atoms with E-state index in [0.29, 0.717) is 38.5 Å². The van der Waals surface area contributed by atoms with E-state index in [0.717, 1.165) is 57.3 Å². The zero-order chi connectivity index (χ0) is 27.2. The number of carbonyl (C=O) groups is 3. The van der Waals surface area contributed by atoms with E-state index in [4.69, 9.17) is 29.1 Å². The summed E-state index contributed by atoms with van der Waals surface area (Å²) in [6, 6.07) is -0.538. The van der Waals surface area contributed by atoms with Crippen LogP contribution in [-0.4, -0.2) is 74.2 Å². The largest absolute Gasteiger partial charge is 0.474 e. The molecule has 38 heavy (non-hydrogen) atoms. The minimum Gasteiger partial charge on any atom is -0.474 e. The third-order valence-corrected chi connectivity index (χ3v) is 7.76. The monoisotopic (exact) mass is 539 g/mol. The molecular weight excluding hydrogens is 494 g/mol. The Morgan fingerprint density at radius 1 is 0.974 bits per heavy atom. The van der Waals surface area contributed by atoms with E-state index >= 15 is 0 Å². The van der Waals surface area contributed by atoms with Gasteiger partial charge in [-0.3, -0.25) is 10.0 Å². The van der Waals surface area contributed by atoms with Gasteiger partial charge in [0.15, 0.2) is 11.9 Å². The predicted octanol–water partition coefficient (Wildman–Crippen LogP) is 3.66. The summed E-state index contributed by atoms with van der Waals surface area (Å²) in [6.07, 6.45) is 12.0. The fourth-order valence-corrected chi connectivity index (χ4v) is 5.61. The number of aliphatic imine (C=N–C) groups is 1. The van der Waals surface area contributed by atoms with Crippen LogP contribution in [0.25, 0.3) is 0 Å². The van der Waals surface area contributed by atoms with Gasteiger partial charge in [0, 0.05) is 25.3 Å². The van der Waals surface area contributed by atoms with E-state index in [1.54, 1.807) is 5.48 Å². The third kappa shape index (κ3) is 9.72. The van der Waals surface area contributed by atoms with Crippen molar-refractivity contribution in [1.82, 2.24) is 10.8 Å². The van der Waals surface area contributed by atoms with Crippen LogP contribution in [0.1, 0.15) is 89.9 Å². The molecule has 3 N–H and O–H groups in total. The molecule has 1 aliphatic heterocycles. The van der Waals surface area contributed by atoms with E-state index in [2.05, 4.69) is 5.32 Å². The van der Waals surface area contributed by atoms with Gasteiger partial charge in [-0.15, -0.1) is 0 Å². The van der Waals surface area contributed by atoms with Gasteiger partial charge in [-0.1, -0.05) is 25.7 Å². The van der Waals surface area contributed by atoms with Crippen molar-refractivity contribution in [3.8, 4) is 0 Å². The van der Waals surface area contributed by atoms with E-state index in [1.165, 1.54) is 26.4 Å². The molecule has 0 aromatic rings. The SMILES string of the molecule is COC(=O)[C@H]1N=C(C2CCC(OCCCOC(=O)NCCCCCC(=O)NO)CC2)O[C@H]1C1CCCCC1. The third-order valence-electron chi connectivity index (χ3n) is 7.76. The molecule has 0 spiro atoms. The van der Waals surface area contributed by atoms with Crippen LogP contribution in [0.2, 0.25) is 0 Å². The normalized spacial score (nSPS) is 25.7. The van der Waals surface area contributed by atoms with Crippen molar-refractivity contribution < 1.29 is 38.5 Å². The number of nitrogens with one attached hydrogen (secondary N) is 2. The zero-order valence-corrected chi connectivity index (χ0v) is 22.7. The molecule has 0 radical (unpaired) electrons. The molecule has 3 rings (SSSR count). The number of ether oxygens (including phenoxy) is 4. The van der Waals surface area contributed by atoms with Crippen LogP contribution in [-0.2, 0) is 28.5 Å². The summed E-state index contributed by atoms with van der Waals surface area (Å²) in [5.74, 6) is 0.610. The van der Waals surface area contributed by atoms with Crippen LogP contribution in [0.15, 0.2) is 4.99 Å². The fourth-order valence-electron chi connectivity index (χ4n) is 5.61. The number of hydrogen-bond acceptors (Lipinski definition) is 9. The number of unbranched alkanes of at least 4 members (excludes halogenated alkanes) is 2. The average molecular weight is 540 g/mol. The summed E-state index contributed by atoms with van der Waals surface area (Å²) in [6.45, 7) is 1.30. The molecule has 2 amide bonds. The highest BCUT2D eigenvalue weighted by Crippen LogP contribution is 2.37. The van der Waals surface area contributed by atoms with Crippen molar-refractivity contribution >= 4 is 23.9 Å². The molecule has 0 aromatic heterocycles. The molecule has 0 unspecified atom stereocenters. The van der Waals surface area contributed by atoms with Gasteiger partial charge in [-0.25, -0.2) is 20.1 Å². The second-order valence-electron chi connectivity index (χ2n) is 10.5. The molecule has 11 heteroatoms. The molecule has 3 aliphatic rings. The number of carbonyl (C=O) groups excluding carboxylic acids is 3. The molecule has 2 saturated carbocycles. The average Bonchev–Trinajstić information content (AvgIpc) is 3.40. The van der Waals surface area contributed by atoms with Crippen molar-refractivity contribution in [3.63, 3.8) is 0 Å². The van der Waals surface area contributed by atoms with E-state index in [9.17, 15) is 14.4 Å². The summed E-state index contributed by atoms with van der Waals surface area (Å²) in [4.78, 5) is 39.8. The molecule has 0 aromatic carbocycles. The number of hydroxylamine groups is 1. The Bertz CT molecular complexity index is 778. The van der Waals surface area contributed by atoms with Crippen LogP contribution in [0.5, 0.6) is 0 Å². The lowest BCUT2D eigenvalue weighted by Crippen LogP contribution is -2.38. The van der Waals surface area contributed by atoms with Crippen molar-refractivity contribution in [2.45, 2.75) is 108 Å². The summed E-state index contributed by atoms with van der Waals surface area (Å²) >= 11 is 0. The lowest BCUT2D eigenvalue weighted by Gasteiger charge is -2.31. The van der Waals surface area contributed by atoms with E-state index < -0.39 is 18.0 Å². The molecule has 216 valence electrons. The molecule has 0 saturated heterocycles. The maximum absolute atomic E-state index is 12.4. The lowest BCUT2D eigenvalue weighted by atomic mass is 9.83. The molecule has 2 aliphatic carbocycles. The van der Waals surface area contributed by atoms with Gasteiger partial charge in [0.2, 0.25) is 5.91 Å². The number of amides is 2. The second kappa shape index (κ2) is 16.5. The smallest absolute Gasteiger partial charge is 0.407 e. The van der Waals surface area contributed by atoms with Crippen LogP contribution in [0.4, 0.5) is 4.79 Å². The van der Waals surface area contributed by atoms with Gasteiger partial charge in [-0.2, -0.15) is 0 Å². The Morgan fingerprint density at radius 2 is 1.74 bits per heavy atom. The molecule has 0 bridgehead atoms. The van der Waals surface area contributed by atoms with Crippen molar-refractivity contribution in [1.29, 1.82) is 0 Å². The number of hydrogen-bond donors (Lipinski definition) is 3. The maximum atomic E-state index is 12.4. The van der Waals surface area contributed by atoms with Gasteiger partial charge in [-0.05, 0) is 57.3 Å². The topological polar surface area (TPSA) is 145 Å². The van der Waals surface area contributed by atoms with Crippen LogP contribution in [0.3, 0.4) is 0 Å². The highest BCUT2D eigenvalue weighted by Gasteiger charge is 2.44. The zero-order valence-electron chi connectivity index (χ0n) is 22.7. The minimum atomic E-state index is -0.538. The highest BCUT2D eigenvalue weighted by molar-refractivity contribution is 5.87. The first-order valence-corrected chi connectivity index (χ1v) is 14.3. The first kappa shape index (κ1) is 30.1. The quantitative estimate of drug-likeness (QED) is 0.131. The molecular formula is C27H45N3O8. The number of nitrogens with zero attached hydrogens (tertiary/aromatic N) is 1. The Balaban J connectivity index is 1.25. The highest BCUT2D eigenvalue weighted by atomic mass is 16.6. The van der Waals surface area contributed by atoms with Gasteiger partial charge < -0.3 is 24.3 Å². The van der Waals surface area contributed by atoms with E-state index in [1.807, 2.05) is 0 Å². The second-order valence-corrected chi connectivity index (χ2v) is 10.5. The van der Waals surface area contributed by atoms with Gasteiger partial charge in [0.1, 0.15) is 6.10 Å². The lowest BCUT2D eigenvalue weighted by molar-refractivity contribution is -0.144. The molecule has 2 fully saturated rings. The maximum Gasteiger partial charge on any atom is 0.407 e. The standard InChI is InChI=1S/C27H45N3O8/c1-35-26(32)23-24(19-9-4-2-5-10-19)38-25(29-23)20-12-14-21(15-13-20)36-17-8-18-37-27(33)28-16-7-3-6-11-22(31)30-34/h19-21,23-24,34H,2-18H2,1H3,(H,28,33)(H,30,31)/t20?,21?,23-,24-/m0/s1. The summed E-state index contributed by atoms with van der Waals surface area (Å²) < 4.78 is 22.6. The van der Waals surface area contributed by atoms with Crippen LogP contribution < -0.4 is 10.8 Å². The first-order valence-electron chi connectivity index (χ1n) is 14.3. The molecule has 1 heterocycles. The van der Waals surface area contributed by atoms with Crippen molar-refractivity contribution in [3.05, 3.63) is 0 Å². The van der Waals surface area contributed by atoms with Crippen LogP contribution in [0, 0.1) is 11.8 Å². The Morgan fingerprint density at radius 3 is 2.45 bits per heavy atom. The summed E-state index contributed by atoms with van der Waals surface area (Å²) in [7, 11) is 1.42. The number of esters is 1. The Hall–Kier alpha value is -2.40. The molecule has 2 atom stereocenters. The number of methoxy groups -OCH3 is 1. The Labute approximate surface area is 225 Å². The van der Waals surface area contributed by atoms with Gasteiger partial charge in [0.05, 0.1) is 26.4 Å². The minimum absolute atomic E-state index is 0.167. The predicted molar refractivity (Wildman–Crippen MR) is 139 cm³/mol. The summed E-state index contributed by atoms with van der Waals surface area (Å²) in [5.41, 5.74) is 1.60. The van der Waals surface area contributed by atoms with Crippen molar-refractivity contribution in [2.24, 2.45) is 16.8 Å².